The molecule has 120 valence electrons. The summed E-state index contributed by atoms with van der Waals surface area (Å²) in [5.41, 5.74) is 4.09. The van der Waals surface area contributed by atoms with E-state index in [1.165, 1.54) is 0 Å². The summed E-state index contributed by atoms with van der Waals surface area (Å²) in [6.45, 7) is 0. The van der Waals surface area contributed by atoms with Gasteiger partial charge in [-0.2, -0.15) is 0 Å². The van der Waals surface area contributed by atoms with Crippen LogP contribution in [0.15, 0.2) is 67.0 Å². The first-order valence-electron chi connectivity index (χ1n) is 7.17. The maximum absolute atomic E-state index is 5.73. The molecule has 0 aliphatic heterocycles. The van der Waals surface area contributed by atoms with E-state index in [-0.39, 0.29) is 17.0 Å². The molecule has 3 aromatic rings. The van der Waals surface area contributed by atoms with E-state index in [9.17, 15) is 0 Å². The van der Waals surface area contributed by atoms with Crippen molar-refractivity contribution in [2.45, 2.75) is 0 Å². The molecule has 2 aromatic carbocycles. The number of ether oxygens (including phenoxy) is 1. The number of aryl methyl sites for hydroxylation is 1. The predicted octanol–water partition coefficient (Wildman–Crippen LogP) is 5.64. The highest BCUT2D eigenvalue weighted by Gasteiger charge is 2.08. The summed E-state index contributed by atoms with van der Waals surface area (Å²) in [6, 6.07) is 17.8. The Morgan fingerprint density at radius 1 is 0.958 bits per heavy atom. The molecular weight excluding hydrogens is 382 g/mol. The molecule has 0 N–H and O–H groups in total. The second-order valence-electron chi connectivity index (χ2n) is 5.19. The van der Waals surface area contributed by atoms with Crippen molar-refractivity contribution in [3.63, 3.8) is 0 Å². The van der Waals surface area contributed by atoms with E-state index in [0.717, 1.165) is 26.8 Å². The van der Waals surface area contributed by atoms with Gasteiger partial charge in [-0.3, -0.25) is 0 Å². The standard InChI is InChI=1S/C20H15NOS.BrH/c1-3-22-17-11-7-10-16(12-17)19-14-21(2)13-18(20(19)23)15-8-5-4-6-9-15;/h1,4-14H,2H3;1H. The zero-order valence-corrected chi connectivity index (χ0v) is 15.6. The Hall–Kier alpha value is -2.35. The smallest absolute Gasteiger partial charge is 0.140 e. The molecule has 2 nitrogen and oxygen atoms in total. The third-order valence-electron chi connectivity index (χ3n) is 3.56. The summed E-state index contributed by atoms with van der Waals surface area (Å²) < 4.78 is 7.97. The lowest BCUT2D eigenvalue weighted by Gasteiger charge is -2.11. The molecule has 0 aliphatic rings. The molecule has 1 heterocycles. The highest BCUT2D eigenvalue weighted by Crippen LogP contribution is 2.30. The predicted molar refractivity (Wildman–Crippen MR) is 107 cm³/mol. The van der Waals surface area contributed by atoms with Gasteiger partial charge in [0.15, 0.2) is 0 Å². The van der Waals surface area contributed by atoms with Crippen molar-refractivity contribution in [2.24, 2.45) is 7.05 Å². The zero-order chi connectivity index (χ0) is 16.2. The zero-order valence-electron chi connectivity index (χ0n) is 13.1. The molecule has 1 aromatic heterocycles. The van der Waals surface area contributed by atoms with Crippen LogP contribution in [-0.4, -0.2) is 4.57 Å². The van der Waals surface area contributed by atoms with Crippen LogP contribution in [0.1, 0.15) is 0 Å². The van der Waals surface area contributed by atoms with Gasteiger partial charge in [0, 0.05) is 30.6 Å². The van der Waals surface area contributed by atoms with E-state index in [1.807, 2.05) is 66.5 Å². The van der Waals surface area contributed by atoms with E-state index in [4.69, 9.17) is 23.4 Å². The van der Waals surface area contributed by atoms with Crippen LogP contribution in [0.2, 0.25) is 0 Å². The Morgan fingerprint density at radius 3 is 2.25 bits per heavy atom. The summed E-state index contributed by atoms with van der Waals surface area (Å²) in [6.07, 6.45) is 11.5. The molecule has 0 atom stereocenters. The van der Waals surface area contributed by atoms with Gasteiger partial charge >= 0.3 is 0 Å². The van der Waals surface area contributed by atoms with Crippen molar-refractivity contribution in [3.05, 3.63) is 71.5 Å². The van der Waals surface area contributed by atoms with Crippen LogP contribution in [0.4, 0.5) is 0 Å². The fourth-order valence-electron chi connectivity index (χ4n) is 2.53. The van der Waals surface area contributed by atoms with Gasteiger partial charge in [0.05, 0.1) is 4.51 Å². The molecule has 0 fully saturated rings. The SMILES string of the molecule is Br.C#COc1cccc(-c2cn(C)cc(-c3ccccc3)c2=S)c1. The molecule has 4 heteroatoms. The first-order chi connectivity index (χ1) is 11.2. The molecule has 0 radical (unpaired) electrons. The number of benzene rings is 2. The minimum atomic E-state index is 0. The maximum atomic E-state index is 5.73. The second-order valence-corrected chi connectivity index (χ2v) is 5.60. The van der Waals surface area contributed by atoms with E-state index < -0.39 is 0 Å². The first-order valence-corrected chi connectivity index (χ1v) is 7.58. The fraction of sp³-hybridized carbons (Fsp3) is 0.0500. The summed E-state index contributed by atoms with van der Waals surface area (Å²) in [5.74, 6) is 0.632. The number of halogens is 1. The number of nitrogens with zero attached hydrogens (tertiary/aromatic N) is 1. The number of hydrogen-bond donors (Lipinski definition) is 0. The summed E-state index contributed by atoms with van der Waals surface area (Å²) in [7, 11) is 1.99. The Bertz CT molecular complexity index is 942. The van der Waals surface area contributed by atoms with Gasteiger partial charge in [-0.05, 0) is 23.3 Å². The summed E-state index contributed by atoms with van der Waals surface area (Å²) in [5, 5.41) is 0. The van der Waals surface area contributed by atoms with Crippen molar-refractivity contribution in [1.82, 2.24) is 4.57 Å². The van der Waals surface area contributed by atoms with Gasteiger partial charge in [-0.25, -0.2) is 0 Å². The summed E-state index contributed by atoms with van der Waals surface area (Å²) >= 11 is 5.73. The average molecular weight is 398 g/mol. The Morgan fingerprint density at radius 2 is 1.58 bits per heavy atom. The molecule has 24 heavy (non-hydrogen) atoms. The van der Waals surface area contributed by atoms with Crippen LogP contribution in [0.25, 0.3) is 22.3 Å². The normalized spacial score (nSPS) is 9.67. The molecule has 0 aliphatic carbocycles. The highest BCUT2D eigenvalue weighted by atomic mass is 79.9. The lowest BCUT2D eigenvalue weighted by Crippen LogP contribution is -1.95. The average Bonchev–Trinajstić information content (AvgIpc) is 2.58. The van der Waals surface area contributed by atoms with Crippen molar-refractivity contribution in [3.8, 4) is 40.5 Å². The van der Waals surface area contributed by atoms with Gasteiger partial charge < -0.3 is 9.30 Å². The maximum Gasteiger partial charge on any atom is 0.140 e. The highest BCUT2D eigenvalue weighted by molar-refractivity contribution is 8.93. The van der Waals surface area contributed by atoms with Crippen LogP contribution < -0.4 is 4.74 Å². The second kappa shape index (κ2) is 7.96. The monoisotopic (exact) mass is 397 g/mol. The lowest BCUT2D eigenvalue weighted by molar-refractivity contribution is 0.521. The van der Waals surface area contributed by atoms with E-state index in [1.54, 1.807) is 0 Å². The molecule has 0 saturated heterocycles. The van der Waals surface area contributed by atoms with Gasteiger partial charge in [0.1, 0.15) is 11.9 Å². The summed E-state index contributed by atoms with van der Waals surface area (Å²) in [4.78, 5) is 0. The Labute approximate surface area is 157 Å². The lowest BCUT2D eigenvalue weighted by atomic mass is 10.0. The fourth-order valence-corrected chi connectivity index (χ4v) is 2.87. The van der Waals surface area contributed by atoms with Crippen molar-refractivity contribution in [2.75, 3.05) is 0 Å². The van der Waals surface area contributed by atoms with Gasteiger partial charge in [-0.15, -0.1) is 17.0 Å². The quantitative estimate of drug-likeness (QED) is 0.419. The minimum Gasteiger partial charge on any atom is -0.408 e. The molecule has 0 spiro atoms. The van der Waals surface area contributed by atoms with Crippen LogP contribution in [0.3, 0.4) is 0 Å². The van der Waals surface area contributed by atoms with E-state index >= 15 is 0 Å². The Kier molecular flexibility index (Phi) is 5.97. The molecule has 0 bridgehead atoms. The van der Waals surface area contributed by atoms with Gasteiger partial charge in [0.25, 0.3) is 0 Å². The van der Waals surface area contributed by atoms with Crippen molar-refractivity contribution >= 4 is 29.2 Å². The third-order valence-corrected chi connectivity index (χ3v) is 4.00. The molecule has 0 amide bonds. The minimum absolute atomic E-state index is 0. The van der Waals surface area contributed by atoms with Crippen LogP contribution in [0.5, 0.6) is 5.75 Å². The van der Waals surface area contributed by atoms with Crippen LogP contribution in [-0.2, 0) is 7.05 Å². The van der Waals surface area contributed by atoms with Crippen molar-refractivity contribution in [1.29, 1.82) is 0 Å². The number of rotatable bonds is 3. The Balaban J connectivity index is 0.00000208. The number of hydrogen-bond acceptors (Lipinski definition) is 2. The topological polar surface area (TPSA) is 14.2 Å². The molecule has 0 unspecified atom stereocenters. The van der Waals surface area contributed by atoms with Crippen LogP contribution >= 0.6 is 29.2 Å². The number of terminal acetylenes is 1. The van der Waals surface area contributed by atoms with Gasteiger partial charge in [-0.1, -0.05) is 61.1 Å². The number of aromatic nitrogens is 1. The number of pyridine rings is 1. The first kappa shape index (κ1) is 18.0. The molecular formula is C20H16BrNOS. The van der Waals surface area contributed by atoms with Crippen molar-refractivity contribution < 1.29 is 4.74 Å². The van der Waals surface area contributed by atoms with Gasteiger partial charge in [0.2, 0.25) is 0 Å². The third kappa shape index (κ3) is 3.76. The molecule has 0 saturated carbocycles. The van der Waals surface area contributed by atoms with E-state index in [0.29, 0.717) is 5.75 Å². The van der Waals surface area contributed by atoms with Crippen LogP contribution in [0, 0.1) is 17.0 Å². The largest absolute Gasteiger partial charge is 0.408 e. The van der Waals surface area contributed by atoms with E-state index in [2.05, 4.69) is 18.2 Å². The molecule has 3 rings (SSSR count).